The minimum atomic E-state index is -4.67. The first-order valence-electron chi connectivity index (χ1n) is 7.09. The van der Waals surface area contributed by atoms with E-state index in [0.29, 0.717) is 11.4 Å². The highest BCUT2D eigenvalue weighted by molar-refractivity contribution is 7.98. The van der Waals surface area contributed by atoms with Crippen LogP contribution in [0.2, 0.25) is 0 Å². The van der Waals surface area contributed by atoms with Crippen molar-refractivity contribution >= 4 is 23.4 Å². The molecule has 1 atom stereocenters. The topological polar surface area (TPSA) is 51.0 Å². The predicted molar refractivity (Wildman–Crippen MR) is 87.3 cm³/mol. The Hall–Kier alpha value is -2.03. The summed E-state index contributed by atoms with van der Waals surface area (Å²) in [6, 6.07) is 3.18. The third-order valence-corrected chi connectivity index (χ3v) is 4.24. The molecule has 0 radical (unpaired) electrons. The monoisotopic (exact) mass is 358 g/mol. The van der Waals surface area contributed by atoms with E-state index in [-0.39, 0.29) is 11.6 Å². The van der Waals surface area contributed by atoms with Crippen molar-refractivity contribution in [2.45, 2.75) is 13.1 Å². The van der Waals surface area contributed by atoms with Crippen LogP contribution >= 0.6 is 11.8 Å². The molecule has 5 nitrogen and oxygen atoms in total. The highest BCUT2D eigenvalue weighted by Crippen LogP contribution is 2.36. The van der Waals surface area contributed by atoms with Gasteiger partial charge in [-0.1, -0.05) is 6.92 Å². The van der Waals surface area contributed by atoms with Gasteiger partial charge in [-0.15, -0.1) is 0 Å². The van der Waals surface area contributed by atoms with Gasteiger partial charge in [0.15, 0.2) is 5.69 Å². The van der Waals surface area contributed by atoms with Crippen LogP contribution in [0.25, 0.3) is 5.69 Å². The Kier molecular flexibility index (Phi) is 5.53. The van der Waals surface area contributed by atoms with Crippen molar-refractivity contribution in [2.24, 2.45) is 5.92 Å². The van der Waals surface area contributed by atoms with Crippen molar-refractivity contribution in [3.05, 3.63) is 36.4 Å². The third kappa shape index (κ3) is 3.89. The summed E-state index contributed by atoms with van der Waals surface area (Å²) in [7, 11) is 1.33. The molecular weight excluding hydrogens is 341 g/mol. The Labute approximate surface area is 141 Å². The van der Waals surface area contributed by atoms with E-state index >= 15 is 0 Å². The van der Waals surface area contributed by atoms with Crippen LogP contribution in [0, 0.1) is 5.92 Å². The molecule has 2 rings (SSSR count). The van der Waals surface area contributed by atoms with E-state index in [1.54, 1.807) is 19.1 Å². The number of aromatic nitrogens is 3. The van der Waals surface area contributed by atoms with Crippen molar-refractivity contribution in [2.75, 3.05) is 24.0 Å². The quantitative estimate of drug-likeness (QED) is 0.823. The van der Waals surface area contributed by atoms with E-state index < -0.39 is 17.8 Å². The summed E-state index contributed by atoms with van der Waals surface area (Å²) in [4.78, 5) is 17.2. The summed E-state index contributed by atoms with van der Waals surface area (Å²) in [6.45, 7) is 1.69. The number of hydrogen-bond acceptors (Lipinski definition) is 4. The van der Waals surface area contributed by atoms with Crippen LogP contribution in [-0.4, -0.2) is 39.7 Å². The lowest BCUT2D eigenvalue weighted by Gasteiger charge is -2.21. The van der Waals surface area contributed by atoms with Gasteiger partial charge in [-0.2, -0.15) is 30.0 Å². The Morgan fingerprint density at radius 3 is 2.71 bits per heavy atom. The number of hydrogen-bond donors (Lipinski definition) is 0. The molecule has 24 heavy (non-hydrogen) atoms. The maximum absolute atomic E-state index is 13.3. The standard InChI is InChI=1S/C15H17F3N4OS/c1-10(9-24-3)14(23)21(2)12-8-22(11-5-4-6-19-7-11)20-13(12)15(16,17)18/h4-8,10H,9H2,1-3H3. The van der Waals surface area contributed by atoms with Gasteiger partial charge in [-0.3, -0.25) is 9.78 Å². The van der Waals surface area contributed by atoms with Gasteiger partial charge in [-0.05, 0) is 18.4 Å². The van der Waals surface area contributed by atoms with Gasteiger partial charge in [0.25, 0.3) is 0 Å². The third-order valence-electron chi connectivity index (χ3n) is 3.40. The summed E-state index contributed by atoms with van der Waals surface area (Å²) < 4.78 is 41.0. The number of anilines is 1. The summed E-state index contributed by atoms with van der Waals surface area (Å²) in [5.41, 5.74) is -0.991. The van der Waals surface area contributed by atoms with Crippen LogP contribution in [0.15, 0.2) is 30.7 Å². The molecule has 0 N–H and O–H groups in total. The van der Waals surface area contributed by atoms with E-state index in [2.05, 4.69) is 10.1 Å². The van der Waals surface area contributed by atoms with Crippen LogP contribution in [-0.2, 0) is 11.0 Å². The van der Waals surface area contributed by atoms with Crippen LogP contribution in [0.5, 0.6) is 0 Å². The lowest BCUT2D eigenvalue weighted by Crippen LogP contribution is -2.33. The van der Waals surface area contributed by atoms with Crippen molar-refractivity contribution in [1.82, 2.24) is 14.8 Å². The van der Waals surface area contributed by atoms with Gasteiger partial charge >= 0.3 is 6.18 Å². The first-order valence-corrected chi connectivity index (χ1v) is 8.49. The molecule has 1 amide bonds. The van der Waals surface area contributed by atoms with Gasteiger partial charge in [0.1, 0.15) is 0 Å². The molecule has 0 bridgehead atoms. The number of rotatable bonds is 5. The fraction of sp³-hybridized carbons (Fsp3) is 0.400. The van der Waals surface area contributed by atoms with E-state index in [1.807, 2.05) is 6.26 Å². The molecule has 0 spiro atoms. The molecular formula is C15H17F3N4OS. The van der Waals surface area contributed by atoms with Crippen molar-refractivity contribution < 1.29 is 18.0 Å². The average Bonchev–Trinajstić information content (AvgIpc) is 3.00. The normalized spacial score (nSPS) is 12.9. The molecule has 130 valence electrons. The zero-order chi connectivity index (χ0) is 17.9. The summed E-state index contributed by atoms with van der Waals surface area (Å²) in [5, 5.41) is 3.61. The fourth-order valence-corrected chi connectivity index (χ4v) is 2.85. The number of pyridine rings is 1. The molecule has 0 saturated carbocycles. The molecule has 2 heterocycles. The van der Waals surface area contributed by atoms with Crippen molar-refractivity contribution in [3.63, 3.8) is 0 Å². The second-order valence-electron chi connectivity index (χ2n) is 5.27. The first kappa shape index (κ1) is 18.3. The SMILES string of the molecule is CSCC(C)C(=O)N(C)c1cn(-c2cccnc2)nc1C(F)(F)F. The maximum Gasteiger partial charge on any atom is 0.437 e. The molecule has 0 saturated heterocycles. The molecule has 0 aromatic carbocycles. The Morgan fingerprint density at radius 2 is 2.17 bits per heavy atom. The number of amides is 1. The molecule has 0 aliphatic heterocycles. The lowest BCUT2D eigenvalue weighted by atomic mass is 10.2. The summed E-state index contributed by atoms with van der Waals surface area (Å²) >= 11 is 1.46. The van der Waals surface area contributed by atoms with E-state index in [1.165, 1.54) is 37.4 Å². The van der Waals surface area contributed by atoms with Crippen LogP contribution in [0.1, 0.15) is 12.6 Å². The Balaban J connectivity index is 2.44. The molecule has 2 aromatic rings. The zero-order valence-electron chi connectivity index (χ0n) is 13.4. The molecule has 0 fully saturated rings. The van der Waals surface area contributed by atoms with Crippen LogP contribution in [0.3, 0.4) is 0 Å². The van der Waals surface area contributed by atoms with E-state index in [0.717, 1.165) is 9.58 Å². The van der Waals surface area contributed by atoms with Crippen LogP contribution in [0.4, 0.5) is 18.9 Å². The molecule has 2 aromatic heterocycles. The summed E-state index contributed by atoms with van der Waals surface area (Å²) in [5.74, 6) is -0.255. The maximum atomic E-state index is 13.3. The summed E-state index contributed by atoms with van der Waals surface area (Å²) in [6.07, 6.45) is 1.28. The molecule has 1 unspecified atom stereocenters. The van der Waals surface area contributed by atoms with E-state index in [9.17, 15) is 18.0 Å². The van der Waals surface area contributed by atoms with Gasteiger partial charge in [-0.25, -0.2) is 4.68 Å². The lowest BCUT2D eigenvalue weighted by molar-refractivity contribution is -0.140. The molecule has 9 heteroatoms. The predicted octanol–water partition coefficient (Wildman–Crippen LogP) is 3.25. The minimum absolute atomic E-state index is 0.274. The van der Waals surface area contributed by atoms with Crippen molar-refractivity contribution in [3.8, 4) is 5.69 Å². The number of carbonyl (C=O) groups excluding carboxylic acids is 1. The zero-order valence-corrected chi connectivity index (χ0v) is 14.2. The van der Waals surface area contributed by atoms with Gasteiger partial charge in [0.2, 0.25) is 5.91 Å². The second-order valence-corrected chi connectivity index (χ2v) is 6.18. The smallest absolute Gasteiger partial charge is 0.312 e. The second kappa shape index (κ2) is 7.25. The number of carbonyl (C=O) groups is 1. The highest BCUT2D eigenvalue weighted by Gasteiger charge is 2.39. The van der Waals surface area contributed by atoms with Gasteiger partial charge in [0.05, 0.1) is 23.8 Å². The number of thioether (sulfide) groups is 1. The number of alkyl halides is 3. The van der Waals surface area contributed by atoms with Crippen molar-refractivity contribution in [1.29, 1.82) is 0 Å². The first-order chi connectivity index (χ1) is 11.3. The van der Waals surface area contributed by atoms with E-state index in [4.69, 9.17) is 0 Å². The largest absolute Gasteiger partial charge is 0.437 e. The Bertz CT molecular complexity index is 702. The number of nitrogens with zero attached hydrogens (tertiary/aromatic N) is 4. The highest BCUT2D eigenvalue weighted by atomic mass is 32.2. The van der Waals surface area contributed by atoms with Crippen LogP contribution < -0.4 is 4.90 Å². The fourth-order valence-electron chi connectivity index (χ4n) is 2.20. The van der Waals surface area contributed by atoms with Gasteiger partial charge < -0.3 is 4.90 Å². The Morgan fingerprint density at radius 1 is 1.46 bits per heavy atom. The van der Waals surface area contributed by atoms with Gasteiger partial charge in [0, 0.05) is 24.9 Å². The minimum Gasteiger partial charge on any atom is -0.312 e. The molecule has 0 aliphatic carbocycles. The average molecular weight is 358 g/mol. The molecule has 0 aliphatic rings. The number of halogens is 3.